The molecule has 1 aromatic carbocycles. The first kappa shape index (κ1) is 13.6. The quantitative estimate of drug-likeness (QED) is 0.489. The fourth-order valence-corrected chi connectivity index (χ4v) is 1.56. The van der Waals surface area contributed by atoms with Gasteiger partial charge >= 0.3 is 6.18 Å². The van der Waals surface area contributed by atoms with Crippen LogP contribution in [0.2, 0.25) is 0 Å². The molecule has 0 saturated heterocycles. The second-order valence-corrected chi connectivity index (χ2v) is 3.63. The highest BCUT2D eigenvalue weighted by atomic mass is 19.4. The Morgan fingerprint density at radius 1 is 1.35 bits per heavy atom. The highest BCUT2D eigenvalue weighted by molar-refractivity contribution is 5.74. The van der Waals surface area contributed by atoms with E-state index in [0.29, 0.717) is 4.68 Å². The Hall–Kier alpha value is -2.78. The molecule has 0 fully saturated rings. The van der Waals surface area contributed by atoms with Crippen molar-refractivity contribution in [1.29, 1.82) is 0 Å². The van der Waals surface area contributed by atoms with Crippen LogP contribution in [-0.4, -0.2) is 26.2 Å². The summed E-state index contributed by atoms with van der Waals surface area (Å²) in [6.07, 6.45) is -4.95. The summed E-state index contributed by atoms with van der Waals surface area (Å²) < 4.78 is 39.0. The summed E-state index contributed by atoms with van der Waals surface area (Å²) in [6, 6.07) is 4.41. The molecule has 0 amide bonds. The molecular weight excluding hydrogens is 281 g/mol. The van der Waals surface area contributed by atoms with Gasteiger partial charge in [0.1, 0.15) is 0 Å². The summed E-state index contributed by atoms with van der Waals surface area (Å²) in [5.41, 5.74) is -2.89. The molecule has 0 aliphatic heterocycles. The van der Waals surface area contributed by atoms with Crippen molar-refractivity contribution in [2.24, 2.45) is 0 Å². The number of alkyl halides is 3. The van der Waals surface area contributed by atoms with Gasteiger partial charge in [-0.2, -0.15) is 13.2 Å². The second-order valence-electron chi connectivity index (χ2n) is 3.63. The monoisotopic (exact) mass is 286 g/mol. The van der Waals surface area contributed by atoms with E-state index in [1.165, 1.54) is 12.1 Å². The smallest absolute Gasteiger partial charge is 0.296 e. The number of rotatable bonds is 3. The minimum absolute atomic E-state index is 0.0797. The van der Waals surface area contributed by atoms with E-state index >= 15 is 0 Å². The maximum Gasteiger partial charge on any atom is 0.435 e. The molecule has 0 aliphatic rings. The van der Waals surface area contributed by atoms with Crippen LogP contribution in [0, 0.1) is 10.1 Å². The SMILES string of the molecule is O=Cc1nnn(-c2cccc([N+](=O)[O-])c2)c1C(F)(F)F. The van der Waals surface area contributed by atoms with Crippen molar-refractivity contribution < 1.29 is 22.9 Å². The molecule has 0 spiro atoms. The number of carbonyl (C=O) groups is 1. The Labute approximate surface area is 108 Å². The molecule has 0 radical (unpaired) electrons. The van der Waals surface area contributed by atoms with Gasteiger partial charge in [0.05, 0.1) is 10.6 Å². The molecule has 0 aliphatic carbocycles. The molecule has 2 aromatic rings. The van der Waals surface area contributed by atoms with Gasteiger partial charge in [-0.05, 0) is 6.07 Å². The summed E-state index contributed by atoms with van der Waals surface area (Å²) in [7, 11) is 0. The predicted octanol–water partition coefficient (Wildman–Crippen LogP) is 2.01. The third kappa shape index (κ3) is 2.35. The van der Waals surface area contributed by atoms with Gasteiger partial charge in [-0.1, -0.05) is 11.3 Å². The van der Waals surface area contributed by atoms with Gasteiger partial charge in [0.15, 0.2) is 17.7 Å². The number of non-ortho nitro benzene ring substituents is 1. The number of benzene rings is 1. The molecular formula is C10H5F3N4O3. The van der Waals surface area contributed by atoms with Gasteiger partial charge in [-0.25, -0.2) is 4.68 Å². The first-order valence-electron chi connectivity index (χ1n) is 5.07. The molecule has 0 unspecified atom stereocenters. The number of nitro groups is 1. The van der Waals surface area contributed by atoms with Gasteiger partial charge in [0.2, 0.25) is 0 Å². The number of aromatic nitrogens is 3. The van der Waals surface area contributed by atoms with Crippen LogP contribution >= 0.6 is 0 Å². The standard InChI is InChI=1S/C10H5F3N4O3/c11-10(12,13)9-8(5-18)14-15-16(9)6-2-1-3-7(4-6)17(19)20/h1-5H. The van der Waals surface area contributed by atoms with Crippen LogP contribution < -0.4 is 0 Å². The third-order valence-corrected chi connectivity index (χ3v) is 2.36. The molecule has 1 aromatic heterocycles. The largest absolute Gasteiger partial charge is 0.435 e. The number of nitrogens with zero attached hydrogens (tertiary/aromatic N) is 4. The molecule has 0 N–H and O–H groups in total. The molecule has 0 saturated carbocycles. The molecule has 2 rings (SSSR count). The number of nitro benzene ring substituents is 1. The van der Waals surface area contributed by atoms with Crippen molar-refractivity contribution in [3.05, 3.63) is 45.8 Å². The minimum atomic E-state index is -4.87. The molecule has 0 bridgehead atoms. The fraction of sp³-hybridized carbons (Fsp3) is 0.100. The average molecular weight is 286 g/mol. The Morgan fingerprint density at radius 2 is 2.05 bits per heavy atom. The average Bonchev–Trinajstić information content (AvgIpc) is 2.82. The lowest BCUT2D eigenvalue weighted by atomic mass is 10.2. The topological polar surface area (TPSA) is 90.9 Å². The molecule has 0 atom stereocenters. The van der Waals surface area contributed by atoms with E-state index in [9.17, 15) is 28.1 Å². The van der Waals surface area contributed by atoms with E-state index < -0.39 is 28.2 Å². The first-order valence-corrected chi connectivity index (χ1v) is 5.07. The predicted molar refractivity (Wildman–Crippen MR) is 58.4 cm³/mol. The van der Waals surface area contributed by atoms with E-state index in [1.54, 1.807) is 0 Å². The lowest BCUT2D eigenvalue weighted by Gasteiger charge is -2.09. The van der Waals surface area contributed by atoms with Crippen LogP contribution in [0.1, 0.15) is 16.2 Å². The van der Waals surface area contributed by atoms with E-state index in [2.05, 4.69) is 10.3 Å². The Bertz CT molecular complexity index is 681. The van der Waals surface area contributed by atoms with Crippen LogP contribution in [0.5, 0.6) is 0 Å². The number of aldehydes is 1. The summed E-state index contributed by atoms with van der Waals surface area (Å²) in [6.45, 7) is 0. The third-order valence-electron chi connectivity index (χ3n) is 2.36. The van der Waals surface area contributed by atoms with Crippen molar-refractivity contribution in [2.45, 2.75) is 6.18 Å². The zero-order chi connectivity index (χ0) is 14.9. The van der Waals surface area contributed by atoms with E-state index in [-0.39, 0.29) is 12.0 Å². The van der Waals surface area contributed by atoms with Gasteiger partial charge < -0.3 is 0 Å². The van der Waals surface area contributed by atoms with Crippen LogP contribution in [-0.2, 0) is 6.18 Å². The van der Waals surface area contributed by atoms with Gasteiger partial charge in [-0.15, -0.1) is 5.10 Å². The number of hydrogen-bond acceptors (Lipinski definition) is 5. The summed E-state index contributed by atoms with van der Waals surface area (Å²) in [5, 5.41) is 16.9. The number of hydrogen-bond donors (Lipinski definition) is 0. The fourth-order valence-electron chi connectivity index (χ4n) is 1.56. The zero-order valence-corrected chi connectivity index (χ0v) is 9.53. The van der Waals surface area contributed by atoms with E-state index in [4.69, 9.17) is 0 Å². The maximum absolute atomic E-state index is 12.9. The second kappa shape index (κ2) is 4.72. The molecule has 10 heteroatoms. The van der Waals surface area contributed by atoms with Gasteiger partial charge in [-0.3, -0.25) is 14.9 Å². The minimum Gasteiger partial charge on any atom is -0.296 e. The highest BCUT2D eigenvalue weighted by Gasteiger charge is 2.40. The van der Waals surface area contributed by atoms with Crippen LogP contribution in [0.15, 0.2) is 24.3 Å². The highest BCUT2D eigenvalue weighted by Crippen LogP contribution is 2.32. The normalized spacial score (nSPS) is 11.3. The van der Waals surface area contributed by atoms with Crippen LogP contribution in [0.3, 0.4) is 0 Å². The molecule has 20 heavy (non-hydrogen) atoms. The van der Waals surface area contributed by atoms with Crippen molar-refractivity contribution in [3.63, 3.8) is 0 Å². The Morgan fingerprint density at radius 3 is 2.60 bits per heavy atom. The Balaban J connectivity index is 2.64. The number of halogens is 3. The van der Waals surface area contributed by atoms with Crippen molar-refractivity contribution in [2.75, 3.05) is 0 Å². The van der Waals surface area contributed by atoms with Crippen molar-refractivity contribution >= 4 is 12.0 Å². The van der Waals surface area contributed by atoms with Crippen molar-refractivity contribution in [3.8, 4) is 5.69 Å². The molecule has 1 heterocycles. The van der Waals surface area contributed by atoms with Gasteiger partial charge in [0.25, 0.3) is 5.69 Å². The molecule has 7 nitrogen and oxygen atoms in total. The first-order chi connectivity index (χ1) is 9.34. The summed E-state index contributed by atoms with van der Waals surface area (Å²) in [4.78, 5) is 20.4. The summed E-state index contributed by atoms with van der Waals surface area (Å²) >= 11 is 0. The molecule has 104 valence electrons. The summed E-state index contributed by atoms with van der Waals surface area (Å²) in [5.74, 6) is 0. The van der Waals surface area contributed by atoms with E-state index in [0.717, 1.165) is 12.1 Å². The lowest BCUT2D eigenvalue weighted by molar-refractivity contribution is -0.384. The lowest BCUT2D eigenvalue weighted by Crippen LogP contribution is -2.15. The number of carbonyl (C=O) groups excluding carboxylic acids is 1. The van der Waals surface area contributed by atoms with Crippen molar-refractivity contribution in [1.82, 2.24) is 15.0 Å². The Kier molecular flexibility index (Phi) is 3.22. The maximum atomic E-state index is 12.9. The van der Waals surface area contributed by atoms with E-state index in [1.807, 2.05) is 0 Å². The van der Waals surface area contributed by atoms with Crippen LogP contribution in [0.4, 0.5) is 18.9 Å². The van der Waals surface area contributed by atoms with Crippen LogP contribution in [0.25, 0.3) is 5.69 Å². The van der Waals surface area contributed by atoms with Gasteiger partial charge in [0, 0.05) is 12.1 Å². The zero-order valence-electron chi connectivity index (χ0n) is 9.53.